The van der Waals surface area contributed by atoms with Gasteiger partial charge in [0.05, 0.1) is 19.3 Å². The molecule has 0 aromatic carbocycles. The Bertz CT molecular complexity index is 506. The van der Waals surface area contributed by atoms with E-state index in [1.54, 1.807) is 0 Å². The summed E-state index contributed by atoms with van der Waals surface area (Å²) in [4.78, 5) is 14.8. The molecule has 4 heteroatoms. The number of hydrogen-bond donors (Lipinski definition) is 0. The van der Waals surface area contributed by atoms with Gasteiger partial charge in [-0.15, -0.1) is 0 Å². The van der Waals surface area contributed by atoms with E-state index in [1.165, 1.54) is 0 Å². The van der Waals surface area contributed by atoms with Crippen LogP contribution in [0.2, 0.25) is 0 Å². The van der Waals surface area contributed by atoms with Crippen LogP contribution in [0.25, 0.3) is 0 Å². The zero-order valence-corrected chi connectivity index (χ0v) is 12.0. The van der Waals surface area contributed by atoms with Crippen molar-refractivity contribution in [3.8, 4) is 0 Å². The molecule has 2 aliphatic rings. The van der Waals surface area contributed by atoms with Gasteiger partial charge in [0.15, 0.2) is 0 Å². The lowest BCUT2D eigenvalue weighted by Crippen LogP contribution is -2.46. The van der Waals surface area contributed by atoms with Crippen LogP contribution in [0.15, 0.2) is 30.5 Å². The second kappa shape index (κ2) is 5.83. The molecule has 0 N–H and O–H groups in total. The summed E-state index contributed by atoms with van der Waals surface area (Å²) in [5.74, 6) is 0.449. The quantitative estimate of drug-likeness (QED) is 0.775. The third-order valence-electron chi connectivity index (χ3n) is 4.36. The van der Waals surface area contributed by atoms with Gasteiger partial charge in [0.1, 0.15) is 0 Å². The Labute approximate surface area is 120 Å². The van der Waals surface area contributed by atoms with Gasteiger partial charge in [0.25, 0.3) is 0 Å². The van der Waals surface area contributed by atoms with Crippen molar-refractivity contribution >= 4 is 5.91 Å². The molecule has 0 unspecified atom stereocenters. The molecule has 1 amide bonds. The minimum absolute atomic E-state index is 0.0576. The van der Waals surface area contributed by atoms with Crippen LogP contribution in [0.4, 0.5) is 0 Å². The number of aryl methyl sites for hydroxylation is 1. The summed E-state index contributed by atoms with van der Waals surface area (Å²) in [6.07, 6.45) is 9.23. The Morgan fingerprint density at radius 3 is 3.00 bits per heavy atom. The molecule has 108 valence electrons. The van der Waals surface area contributed by atoms with Gasteiger partial charge in [-0.05, 0) is 31.4 Å². The Morgan fingerprint density at radius 1 is 1.40 bits per heavy atom. The zero-order chi connectivity index (χ0) is 13.9. The molecule has 0 bridgehead atoms. The predicted molar refractivity (Wildman–Crippen MR) is 77.2 cm³/mol. The highest BCUT2D eigenvalue weighted by molar-refractivity contribution is 5.79. The standard InChI is InChI=1S/C16H22N2O2/c1-17-9-5-8-14(17)15-12-20-11-10-18(15)16(19)13-6-3-2-4-7-13/h2-3,5,8-9,13,15H,4,6-7,10-12H2,1H3/t13-,15+/m1/s1. The van der Waals surface area contributed by atoms with Gasteiger partial charge in [-0.1, -0.05) is 12.2 Å². The van der Waals surface area contributed by atoms with Crippen LogP contribution in [-0.4, -0.2) is 35.1 Å². The van der Waals surface area contributed by atoms with E-state index in [1.807, 2.05) is 24.2 Å². The van der Waals surface area contributed by atoms with E-state index < -0.39 is 0 Å². The number of allylic oxidation sites excluding steroid dienone is 2. The van der Waals surface area contributed by atoms with Gasteiger partial charge in [0, 0.05) is 31.4 Å². The van der Waals surface area contributed by atoms with Gasteiger partial charge >= 0.3 is 0 Å². The molecule has 1 aliphatic carbocycles. The molecule has 2 heterocycles. The van der Waals surface area contributed by atoms with Crippen molar-refractivity contribution < 1.29 is 9.53 Å². The van der Waals surface area contributed by atoms with Gasteiger partial charge in [0.2, 0.25) is 5.91 Å². The fraction of sp³-hybridized carbons (Fsp3) is 0.562. The van der Waals surface area contributed by atoms with Crippen LogP contribution in [0, 0.1) is 5.92 Å². The molecular formula is C16H22N2O2. The molecule has 0 spiro atoms. The SMILES string of the molecule is Cn1cccc1[C@@H]1COCCN1C(=O)[C@@H]1CC=CCC1. The maximum absolute atomic E-state index is 12.8. The van der Waals surface area contributed by atoms with Crippen molar-refractivity contribution in [2.45, 2.75) is 25.3 Å². The molecule has 3 rings (SSSR count). The molecule has 1 aliphatic heterocycles. The average Bonchev–Trinajstić information content (AvgIpc) is 2.93. The number of rotatable bonds is 2. The molecule has 20 heavy (non-hydrogen) atoms. The van der Waals surface area contributed by atoms with Gasteiger partial charge in [-0.2, -0.15) is 0 Å². The smallest absolute Gasteiger partial charge is 0.226 e. The first-order valence-corrected chi connectivity index (χ1v) is 7.42. The van der Waals surface area contributed by atoms with E-state index in [0.29, 0.717) is 25.7 Å². The molecule has 1 aromatic rings. The summed E-state index contributed by atoms with van der Waals surface area (Å²) in [5.41, 5.74) is 1.16. The van der Waals surface area contributed by atoms with E-state index in [9.17, 15) is 4.79 Å². The van der Waals surface area contributed by atoms with E-state index in [0.717, 1.165) is 25.0 Å². The topological polar surface area (TPSA) is 34.5 Å². The minimum atomic E-state index is 0.0576. The maximum Gasteiger partial charge on any atom is 0.226 e. The first-order valence-electron chi connectivity index (χ1n) is 7.42. The normalized spacial score (nSPS) is 26.8. The molecule has 1 fully saturated rings. The summed E-state index contributed by atoms with van der Waals surface area (Å²) in [5, 5.41) is 0. The van der Waals surface area contributed by atoms with Crippen LogP contribution < -0.4 is 0 Å². The van der Waals surface area contributed by atoms with Crippen LogP contribution in [0.1, 0.15) is 31.0 Å². The first-order chi connectivity index (χ1) is 9.77. The summed E-state index contributed by atoms with van der Waals surface area (Å²) in [7, 11) is 2.02. The molecule has 0 saturated carbocycles. The van der Waals surface area contributed by atoms with Crippen LogP contribution in [-0.2, 0) is 16.6 Å². The number of nitrogens with zero attached hydrogens (tertiary/aromatic N) is 2. The van der Waals surface area contributed by atoms with E-state index in [4.69, 9.17) is 4.74 Å². The molecule has 0 radical (unpaired) electrons. The Balaban J connectivity index is 1.80. The lowest BCUT2D eigenvalue weighted by atomic mass is 9.92. The van der Waals surface area contributed by atoms with Crippen molar-refractivity contribution in [2.24, 2.45) is 13.0 Å². The van der Waals surface area contributed by atoms with E-state index in [-0.39, 0.29) is 12.0 Å². The molecule has 1 aromatic heterocycles. The predicted octanol–water partition coefficient (Wildman–Crippen LogP) is 2.28. The highest BCUT2D eigenvalue weighted by atomic mass is 16.5. The number of hydrogen-bond acceptors (Lipinski definition) is 2. The monoisotopic (exact) mass is 274 g/mol. The van der Waals surface area contributed by atoms with Crippen molar-refractivity contribution in [3.63, 3.8) is 0 Å². The Hall–Kier alpha value is -1.55. The zero-order valence-electron chi connectivity index (χ0n) is 12.0. The van der Waals surface area contributed by atoms with Crippen molar-refractivity contribution in [1.29, 1.82) is 0 Å². The summed E-state index contributed by atoms with van der Waals surface area (Å²) < 4.78 is 7.69. The van der Waals surface area contributed by atoms with Gasteiger partial charge < -0.3 is 14.2 Å². The lowest BCUT2D eigenvalue weighted by Gasteiger charge is -2.38. The minimum Gasteiger partial charge on any atom is -0.377 e. The number of aromatic nitrogens is 1. The summed E-state index contributed by atoms with van der Waals surface area (Å²) >= 11 is 0. The van der Waals surface area contributed by atoms with Crippen molar-refractivity contribution in [3.05, 3.63) is 36.2 Å². The number of carbonyl (C=O) groups is 1. The number of ether oxygens (including phenoxy) is 1. The van der Waals surface area contributed by atoms with Crippen LogP contribution in [0.5, 0.6) is 0 Å². The van der Waals surface area contributed by atoms with Crippen molar-refractivity contribution in [1.82, 2.24) is 9.47 Å². The van der Waals surface area contributed by atoms with Crippen LogP contribution in [0.3, 0.4) is 0 Å². The van der Waals surface area contributed by atoms with Gasteiger partial charge in [-0.25, -0.2) is 0 Å². The average molecular weight is 274 g/mol. The highest BCUT2D eigenvalue weighted by Crippen LogP contribution is 2.29. The van der Waals surface area contributed by atoms with E-state index >= 15 is 0 Å². The second-order valence-electron chi connectivity index (χ2n) is 5.65. The molecule has 2 atom stereocenters. The summed E-state index contributed by atoms with van der Waals surface area (Å²) in [6.45, 7) is 1.95. The molecular weight excluding hydrogens is 252 g/mol. The number of amides is 1. The van der Waals surface area contributed by atoms with Crippen LogP contribution >= 0.6 is 0 Å². The second-order valence-corrected chi connectivity index (χ2v) is 5.65. The maximum atomic E-state index is 12.8. The number of carbonyl (C=O) groups excluding carboxylic acids is 1. The van der Waals surface area contributed by atoms with Crippen molar-refractivity contribution in [2.75, 3.05) is 19.8 Å². The Morgan fingerprint density at radius 2 is 2.30 bits per heavy atom. The number of morpholine rings is 1. The highest BCUT2D eigenvalue weighted by Gasteiger charge is 2.33. The third kappa shape index (κ3) is 2.52. The Kier molecular flexibility index (Phi) is 3.92. The largest absolute Gasteiger partial charge is 0.377 e. The fourth-order valence-corrected chi connectivity index (χ4v) is 3.19. The third-order valence-corrected chi connectivity index (χ3v) is 4.36. The first kappa shape index (κ1) is 13.4. The lowest BCUT2D eigenvalue weighted by molar-refractivity contribution is -0.145. The van der Waals surface area contributed by atoms with Gasteiger partial charge in [-0.3, -0.25) is 4.79 Å². The molecule has 4 nitrogen and oxygen atoms in total. The summed E-state index contributed by atoms with van der Waals surface area (Å²) in [6, 6.07) is 4.17. The van der Waals surface area contributed by atoms with E-state index in [2.05, 4.69) is 22.8 Å². The molecule has 1 saturated heterocycles. The fourth-order valence-electron chi connectivity index (χ4n) is 3.19.